The molecule has 7 heteroatoms. The highest BCUT2D eigenvalue weighted by Gasteiger charge is 2.12. The van der Waals surface area contributed by atoms with Crippen LogP contribution in [0.15, 0.2) is 36.4 Å². The summed E-state index contributed by atoms with van der Waals surface area (Å²) in [5, 5.41) is 5.85. The first kappa shape index (κ1) is 20.6. The summed E-state index contributed by atoms with van der Waals surface area (Å²) in [5.74, 6) is 0.537. The molecule has 0 aliphatic heterocycles. The van der Waals surface area contributed by atoms with Crippen LogP contribution in [0.3, 0.4) is 0 Å². The van der Waals surface area contributed by atoms with E-state index in [4.69, 9.17) is 21.1 Å². The number of carbonyl (C=O) groups is 2. The van der Waals surface area contributed by atoms with Gasteiger partial charge in [-0.2, -0.15) is 0 Å². The first-order chi connectivity index (χ1) is 12.9. The van der Waals surface area contributed by atoms with Crippen LogP contribution < -0.4 is 20.1 Å². The molecule has 0 aliphatic carbocycles. The maximum Gasteiger partial charge on any atom is 0.258 e. The summed E-state index contributed by atoms with van der Waals surface area (Å²) in [4.78, 5) is 24.1. The average Bonchev–Trinajstić information content (AvgIpc) is 2.66. The van der Waals surface area contributed by atoms with Gasteiger partial charge in [-0.3, -0.25) is 9.59 Å². The topological polar surface area (TPSA) is 76.7 Å². The van der Waals surface area contributed by atoms with Gasteiger partial charge in [0.2, 0.25) is 0 Å². The Morgan fingerprint density at radius 3 is 2.52 bits per heavy atom. The molecule has 0 radical (unpaired) electrons. The first-order valence-electron chi connectivity index (χ1n) is 8.50. The molecule has 0 atom stereocenters. The van der Waals surface area contributed by atoms with E-state index in [1.807, 2.05) is 32.0 Å². The van der Waals surface area contributed by atoms with Crippen molar-refractivity contribution in [3.63, 3.8) is 0 Å². The highest BCUT2D eigenvalue weighted by molar-refractivity contribution is 6.31. The van der Waals surface area contributed by atoms with Gasteiger partial charge < -0.3 is 20.1 Å². The van der Waals surface area contributed by atoms with E-state index >= 15 is 0 Å². The number of aryl methyl sites for hydroxylation is 1. The third-order valence-corrected chi connectivity index (χ3v) is 4.29. The third kappa shape index (κ3) is 5.89. The fourth-order valence-corrected chi connectivity index (χ4v) is 2.58. The minimum Gasteiger partial charge on any atom is -0.496 e. The van der Waals surface area contributed by atoms with E-state index in [1.54, 1.807) is 12.1 Å². The number of ether oxygens (including phenoxy) is 2. The highest BCUT2D eigenvalue weighted by Crippen LogP contribution is 2.22. The van der Waals surface area contributed by atoms with Crippen molar-refractivity contribution in [1.82, 2.24) is 10.6 Å². The molecule has 0 aliphatic rings. The number of amides is 2. The molecule has 0 fully saturated rings. The molecule has 0 bridgehead atoms. The van der Waals surface area contributed by atoms with Gasteiger partial charge in [0, 0.05) is 18.1 Å². The lowest BCUT2D eigenvalue weighted by atomic mass is 10.1. The Morgan fingerprint density at radius 1 is 1.04 bits per heavy atom. The summed E-state index contributed by atoms with van der Waals surface area (Å²) in [6.45, 7) is 4.40. The second-order valence-corrected chi connectivity index (χ2v) is 6.37. The Kier molecular flexibility index (Phi) is 7.49. The molecule has 2 rings (SSSR count). The molecule has 0 aromatic heterocycles. The third-order valence-electron chi connectivity index (χ3n) is 4.05. The van der Waals surface area contributed by atoms with Crippen LogP contribution in [0.1, 0.15) is 21.5 Å². The van der Waals surface area contributed by atoms with Gasteiger partial charge in [0.15, 0.2) is 6.61 Å². The fraction of sp³-hybridized carbons (Fsp3) is 0.300. The monoisotopic (exact) mass is 390 g/mol. The number of rotatable bonds is 8. The van der Waals surface area contributed by atoms with E-state index in [9.17, 15) is 9.59 Å². The Labute approximate surface area is 163 Å². The number of benzene rings is 2. The molecule has 2 N–H and O–H groups in total. The molecule has 2 aromatic carbocycles. The Morgan fingerprint density at radius 2 is 1.78 bits per heavy atom. The smallest absolute Gasteiger partial charge is 0.258 e. The Balaban J connectivity index is 1.75. The zero-order valence-electron chi connectivity index (χ0n) is 15.6. The maximum atomic E-state index is 12.2. The number of carbonyl (C=O) groups excluding carboxylic acids is 2. The van der Waals surface area contributed by atoms with Crippen LogP contribution in [0, 0.1) is 13.8 Å². The second-order valence-electron chi connectivity index (χ2n) is 5.94. The van der Waals surface area contributed by atoms with Gasteiger partial charge in [-0.25, -0.2) is 0 Å². The predicted octanol–water partition coefficient (Wildman–Crippen LogP) is 2.89. The standard InChI is InChI=1S/C20H23ClN2O4/c1-13-5-4-6-17(14(13)2)27-12-19(24)22-9-10-23-20(25)16-11-15(21)7-8-18(16)26-3/h4-8,11H,9-10,12H2,1-3H3,(H,22,24)(H,23,25). The van der Waals surface area contributed by atoms with Crippen molar-refractivity contribution in [1.29, 1.82) is 0 Å². The zero-order chi connectivity index (χ0) is 19.8. The lowest BCUT2D eigenvalue weighted by Crippen LogP contribution is -2.36. The molecule has 0 saturated carbocycles. The van der Waals surface area contributed by atoms with Crippen LogP contribution in [0.2, 0.25) is 5.02 Å². The number of hydrogen-bond acceptors (Lipinski definition) is 4. The van der Waals surface area contributed by atoms with Crippen molar-refractivity contribution in [3.05, 3.63) is 58.1 Å². The fourth-order valence-electron chi connectivity index (χ4n) is 2.41. The van der Waals surface area contributed by atoms with Crippen LogP contribution in [0.5, 0.6) is 11.5 Å². The summed E-state index contributed by atoms with van der Waals surface area (Å²) >= 11 is 5.92. The van der Waals surface area contributed by atoms with Gasteiger partial charge in [0.1, 0.15) is 11.5 Å². The van der Waals surface area contributed by atoms with Crippen LogP contribution in [-0.2, 0) is 4.79 Å². The van der Waals surface area contributed by atoms with Crippen molar-refractivity contribution < 1.29 is 19.1 Å². The Hall–Kier alpha value is -2.73. The molecular weight excluding hydrogens is 368 g/mol. The van der Waals surface area contributed by atoms with Crippen molar-refractivity contribution in [3.8, 4) is 11.5 Å². The van der Waals surface area contributed by atoms with E-state index in [1.165, 1.54) is 13.2 Å². The number of hydrogen-bond donors (Lipinski definition) is 2. The summed E-state index contributed by atoms with van der Waals surface area (Å²) in [6.07, 6.45) is 0. The highest BCUT2D eigenvalue weighted by atomic mass is 35.5. The molecule has 0 spiro atoms. The van der Waals surface area contributed by atoms with Gasteiger partial charge in [-0.05, 0) is 49.2 Å². The SMILES string of the molecule is COc1ccc(Cl)cc1C(=O)NCCNC(=O)COc1cccc(C)c1C. The van der Waals surface area contributed by atoms with Crippen molar-refractivity contribution in [2.45, 2.75) is 13.8 Å². The van der Waals surface area contributed by atoms with Crippen LogP contribution in [0.4, 0.5) is 0 Å². The van der Waals surface area contributed by atoms with Crippen LogP contribution >= 0.6 is 11.6 Å². The van der Waals surface area contributed by atoms with Crippen molar-refractivity contribution in [2.75, 3.05) is 26.8 Å². The molecule has 0 heterocycles. The van der Waals surface area contributed by atoms with E-state index in [0.29, 0.717) is 22.1 Å². The van der Waals surface area contributed by atoms with E-state index in [0.717, 1.165) is 11.1 Å². The summed E-state index contributed by atoms with van der Waals surface area (Å²) < 4.78 is 10.7. The first-order valence-corrected chi connectivity index (χ1v) is 8.87. The van der Waals surface area contributed by atoms with Crippen LogP contribution in [-0.4, -0.2) is 38.6 Å². The van der Waals surface area contributed by atoms with E-state index < -0.39 is 0 Å². The summed E-state index contributed by atoms with van der Waals surface area (Å²) in [7, 11) is 1.48. The number of nitrogens with one attached hydrogen (secondary N) is 2. The van der Waals surface area contributed by atoms with Gasteiger partial charge >= 0.3 is 0 Å². The zero-order valence-corrected chi connectivity index (χ0v) is 16.4. The molecule has 2 aromatic rings. The summed E-state index contributed by atoms with van der Waals surface area (Å²) in [5.41, 5.74) is 2.45. The van der Waals surface area contributed by atoms with Crippen molar-refractivity contribution >= 4 is 23.4 Å². The molecule has 2 amide bonds. The lowest BCUT2D eigenvalue weighted by Gasteiger charge is -2.12. The Bertz CT molecular complexity index is 824. The minimum atomic E-state index is -0.324. The normalized spacial score (nSPS) is 10.2. The average molecular weight is 391 g/mol. The van der Waals surface area contributed by atoms with Crippen LogP contribution in [0.25, 0.3) is 0 Å². The number of halogens is 1. The quantitative estimate of drug-likeness (QED) is 0.679. The molecule has 144 valence electrons. The van der Waals surface area contributed by atoms with Gasteiger partial charge in [-0.1, -0.05) is 23.7 Å². The minimum absolute atomic E-state index is 0.0830. The molecule has 27 heavy (non-hydrogen) atoms. The molecular formula is C20H23ClN2O4. The van der Waals surface area contributed by atoms with Gasteiger partial charge in [-0.15, -0.1) is 0 Å². The molecule has 0 unspecified atom stereocenters. The predicted molar refractivity (Wildman–Crippen MR) is 105 cm³/mol. The number of methoxy groups -OCH3 is 1. The molecule has 0 saturated heterocycles. The molecule has 6 nitrogen and oxygen atoms in total. The maximum absolute atomic E-state index is 12.2. The second kappa shape index (κ2) is 9.83. The van der Waals surface area contributed by atoms with E-state index in [-0.39, 0.29) is 31.5 Å². The van der Waals surface area contributed by atoms with Crippen molar-refractivity contribution in [2.24, 2.45) is 0 Å². The summed E-state index contributed by atoms with van der Waals surface area (Å²) in [6, 6.07) is 10.5. The van der Waals surface area contributed by atoms with Gasteiger partial charge in [0.05, 0.1) is 12.7 Å². The van der Waals surface area contributed by atoms with E-state index in [2.05, 4.69) is 10.6 Å². The lowest BCUT2D eigenvalue weighted by molar-refractivity contribution is -0.123. The van der Waals surface area contributed by atoms with Gasteiger partial charge in [0.25, 0.3) is 11.8 Å². The largest absolute Gasteiger partial charge is 0.496 e.